The van der Waals surface area contributed by atoms with Gasteiger partial charge in [-0.05, 0) is 31.8 Å². The fourth-order valence-corrected chi connectivity index (χ4v) is 4.17. The molecule has 4 N–H and O–H groups in total. The third-order valence-corrected chi connectivity index (χ3v) is 5.95. The molecular formula is C21H34ClN3O6. The van der Waals surface area contributed by atoms with Crippen molar-refractivity contribution in [2.75, 3.05) is 45.8 Å². The Morgan fingerprint density at radius 2 is 1.77 bits per heavy atom. The van der Waals surface area contributed by atoms with Crippen molar-refractivity contribution in [1.82, 2.24) is 10.2 Å². The van der Waals surface area contributed by atoms with Gasteiger partial charge in [0.1, 0.15) is 23.7 Å². The van der Waals surface area contributed by atoms with Crippen LogP contribution in [-0.2, 0) is 4.74 Å². The molecule has 0 unspecified atom stereocenters. The van der Waals surface area contributed by atoms with Crippen molar-refractivity contribution in [2.45, 2.75) is 44.1 Å². The quantitative estimate of drug-likeness (QED) is 0.488. The molecule has 1 aromatic carbocycles. The number of piperidine rings is 1. The lowest BCUT2D eigenvalue weighted by atomic mass is 9.94. The molecule has 3 rings (SSSR count). The summed E-state index contributed by atoms with van der Waals surface area (Å²) < 4.78 is 16.3. The summed E-state index contributed by atoms with van der Waals surface area (Å²) in [5.41, 5.74) is 0.533. The molecule has 2 saturated heterocycles. The monoisotopic (exact) mass is 459 g/mol. The molecular weight excluding hydrogens is 426 g/mol. The summed E-state index contributed by atoms with van der Waals surface area (Å²) in [7, 11) is 3.08. The van der Waals surface area contributed by atoms with Crippen LogP contribution in [0.2, 0.25) is 0 Å². The number of nitrogens with one attached hydrogen (secondary N) is 2. The number of carbonyl (C=O) groups excluding carboxylic acids is 1. The molecule has 1 aromatic rings. The van der Waals surface area contributed by atoms with Crippen molar-refractivity contribution in [2.24, 2.45) is 5.92 Å². The minimum atomic E-state index is -0.791. The minimum absolute atomic E-state index is 0. The second kappa shape index (κ2) is 11.7. The number of amides is 2. The van der Waals surface area contributed by atoms with Gasteiger partial charge < -0.3 is 35.1 Å². The Balaban J connectivity index is 0.00000341. The van der Waals surface area contributed by atoms with Gasteiger partial charge in [0, 0.05) is 30.4 Å². The van der Waals surface area contributed by atoms with Gasteiger partial charge in [-0.1, -0.05) is 6.92 Å². The van der Waals surface area contributed by atoms with Crippen molar-refractivity contribution in [1.29, 1.82) is 0 Å². The first-order chi connectivity index (χ1) is 14.4. The van der Waals surface area contributed by atoms with Gasteiger partial charge in [0.15, 0.2) is 0 Å². The summed E-state index contributed by atoms with van der Waals surface area (Å²) in [4.78, 5) is 14.7. The number of urea groups is 1. The highest BCUT2D eigenvalue weighted by atomic mass is 35.5. The molecule has 176 valence electrons. The Hall–Kier alpha value is -1.78. The van der Waals surface area contributed by atoms with Gasteiger partial charge in [-0.3, -0.25) is 4.90 Å². The second-order valence-electron chi connectivity index (χ2n) is 8.03. The van der Waals surface area contributed by atoms with Crippen LogP contribution >= 0.6 is 12.4 Å². The summed E-state index contributed by atoms with van der Waals surface area (Å²) in [6.45, 7) is 3.94. The number of ether oxygens (including phenoxy) is 3. The van der Waals surface area contributed by atoms with Gasteiger partial charge in [0.25, 0.3) is 0 Å². The highest BCUT2D eigenvalue weighted by Gasteiger charge is 2.46. The van der Waals surface area contributed by atoms with E-state index in [4.69, 9.17) is 14.2 Å². The predicted molar refractivity (Wildman–Crippen MR) is 119 cm³/mol. The fraction of sp³-hybridized carbons (Fsp3) is 0.667. The molecule has 2 heterocycles. The van der Waals surface area contributed by atoms with Gasteiger partial charge in [0.2, 0.25) is 0 Å². The van der Waals surface area contributed by atoms with Crippen LogP contribution in [0.3, 0.4) is 0 Å². The topological polar surface area (TPSA) is 113 Å². The van der Waals surface area contributed by atoms with Gasteiger partial charge >= 0.3 is 6.03 Å². The SMILES string of the molecule is COc1cc(NC(=O)NC[C@H]2O[C@@H](CO)[C@@H](O)[C@H]2N2CCC(C)CC2)cc(OC)c1.Cl. The Morgan fingerprint density at radius 1 is 1.16 bits per heavy atom. The summed E-state index contributed by atoms with van der Waals surface area (Å²) >= 11 is 0. The average molecular weight is 460 g/mol. The summed E-state index contributed by atoms with van der Waals surface area (Å²) in [6.07, 6.45) is 0.278. The molecule has 0 saturated carbocycles. The number of rotatable bonds is 7. The van der Waals surface area contributed by atoms with Crippen LogP contribution in [0.25, 0.3) is 0 Å². The van der Waals surface area contributed by atoms with Crippen molar-refractivity contribution < 1.29 is 29.2 Å². The van der Waals surface area contributed by atoms with Crippen molar-refractivity contribution in [3.05, 3.63) is 18.2 Å². The lowest BCUT2D eigenvalue weighted by Crippen LogP contribution is -2.53. The van der Waals surface area contributed by atoms with E-state index in [2.05, 4.69) is 22.5 Å². The molecule has 4 atom stereocenters. The number of likely N-dealkylation sites (tertiary alicyclic amines) is 1. The number of aliphatic hydroxyl groups is 2. The molecule has 0 spiro atoms. The first-order valence-corrected chi connectivity index (χ1v) is 10.4. The maximum atomic E-state index is 12.4. The van der Waals surface area contributed by atoms with E-state index in [1.165, 1.54) is 0 Å². The van der Waals surface area contributed by atoms with Crippen LogP contribution in [0.1, 0.15) is 19.8 Å². The maximum absolute atomic E-state index is 12.4. The van der Waals surface area contributed by atoms with E-state index in [9.17, 15) is 15.0 Å². The number of nitrogens with zero attached hydrogens (tertiary/aromatic N) is 1. The van der Waals surface area contributed by atoms with Crippen LogP contribution in [0.4, 0.5) is 10.5 Å². The highest BCUT2D eigenvalue weighted by Crippen LogP contribution is 2.29. The molecule has 2 amide bonds. The zero-order chi connectivity index (χ0) is 21.7. The molecule has 31 heavy (non-hydrogen) atoms. The van der Waals surface area contributed by atoms with E-state index in [1.807, 2.05) is 0 Å². The Kier molecular flexibility index (Phi) is 9.64. The summed E-state index contributed by atoms with van der Waals surface area (Å²) in [5, 5.41) is 25.8. The van der Waals surface area contributed by atoms with Crippen LogP contribution in [0, 0.1) is 5.92 Å². The number of hydrogen-bond acceptors (Lipinski definition) is 7. The van der Waals surface area contributed by atoms with Crippen molar-refractivity contribution >= 4 is 24.1 Å². The standard InChI is InChI=1S/C21H33N3O6.ClH/c1-13-4-6-24(7-5-13)19-17(30-18(12-25)20(19)26)11-22-21(27)23-14-8-15(28-2)10-16(9-14)29-3;/h8-10,13,17-20,25-26H,4-7,11-12H2,1-3H3,(H2,22,23,27);1H/t17-,18+,19+,20-;/m1./s1. The minimum Gasteiger partial charge on any atom is -0.497 e. The van der Waals surface area contributed by atoms with Crippen molar-refractivity contribution in [3.63, 3.8) is 0 Å². The zero-order valence-electron chi connectivity index (χ0n) is 18.2. The first-order valence-electron chi connectivity index (χ1n) is 10.4. The largest absolute Gasteiger partial charge is 0.497 e. The van der Waals surface area contributed by atoms with Gasteiger partial charge in [-0.15, -0.1) is 12.4 Å². The predicted octanol–water partition coefficient (Wildman–Crippen LogP) is 1.47. The molecule has 2 fully saturated rings. The van der Waals surface area contributed by atoms with Crippen LogP contribution < -0.4 is 20.1 Å². The van der Waals surface area contributed by atoms with E-state index in [-0.39, 0.29) is 31.6 Å². The third kappa shape index (κ3) is 6.36. The molecule has 0 aliphatic carbocycles. The molecule has 9 nitrogen and oxygen atoms in total. The lowest BCUT2D eigenvalue weighted by Gasteiger charge is -2.38. The molecule has 0 aromatic heterocycles. The molecule has 2 aliphatic heterocycles. The number of carbonyl (C=O) groups is 1. The zero-order valence-corrected chi connectivity index (χ0v) is 19.1. The van der Waals surface area contributed by atoms with Gasteiger partial charge in [-0.25, -0.2) is 4.79 Å². The summed E-state index contributed by atoms with van der Waals surface area (Å²) in [6, 6.07) is 4.44. The Morgan fingerprint density at radius 3 is 2.32 bits per heavy atom. The van der Waals surface area contributed by atoms with E-state index < -0.39 is 24.3 Å². The van der Waals surface area contributed by atoms with Crippen LogP contribution in [0.15, 0.2) is 18.2 Å². The number of hydrogen-bond donors (Lipinski definition) is 4. The van der Waals surface area contributed by atoms with Crippen molar-refractivity contribution in [3.8, 4) is 11.5 Å². The van der Waals surface area contributed by atoms with E-state index in [0.717, 1.165) is 25.9 Å². The highest BCUT2D eigenvalue weighted by molar-refractivity contribution is 5.89. The molecule has 0 radical (unpaired) electrons. The lowest BCUT2D eigenvalue weighted by molar-refractivity contribution is -0.0205. The first kappa shape index (κ1) is 25.5. The number of halogens is 1. The van der Waals surface area contributed by atoms with E-state index in [0.29, 0.717) is 23.1 Å². The van der Waals surface area contributed by atoms with Gasteiger partial charge in [0.05, 0.1) is 33.0 Å². The fourth-order valence-electron chi connectivity index (χ4n) is 4.17. The second-order valence-corrected chi connectivity index (χ2v) is 8.03. The van der Waals surface area contributed by atoms with Gasteiger partial charge in [-0.2, -0.15) is 0 Å². The molecule has 10 heteroatoms. The number of methoxy groups -OCH3 is 2. The Labute approximate surface area is 189 Å². The normalized spacial score (nSPS) is 26.7. The van der Waals surface area contributed by atoms with Crippen LogP contribution in [0.5, 0.6) is 11.5 Å². The van der Waals surface area contributed by atoms with E-state index in [1.54, 1.807) is 32.4 Å². The van der Waals surface area contributed by atoms with Crippen LogP contribution in [-0.4, -0.2) is 86.0 Å². The van der Waals surface area contributed by atoms with E-state index >= 15 is 0 Å². The average Bonchev–Trinajstić information content (AvgIpc) is 3.07. The Bertz CT molecular complexity index is 694. The number of aliphatic hydroxyl groups excluding tert-OH is 2. The molecule has 0 bridgehead atoms. The molecule has 2 aliphatic rings. The smallest absolute Gasteiger partial charge is 0.319 e. The summed E-state index contributed by atoms with van der Waals surface area (Å²) in [5.74, 6) is 1.80. The maximum Gasteiger partial charge on any atom is 0.319 e. The number of anilines is 1. The number of benzene rings is 1. The third-order valence-electron chi connectivity index (χ3n) is 5.95.